The van der Waals surface area contributed by atoms with Gasteiger partial charge in [-0.3, -0.25) is 14.2 Å². The Kier molecular flexibility index (Phi) is 5.03. The van der Waals surface area contributed by atoms with E-state index in [2.05, 4.69) is 10.3 Å². The summed E-state index contributed by atoms with van der Waals surface area (Å²) in [5.74, 6) is -0.152. The summed E-state index contributed by atoms with van der Waals surface area (Å²) in [7, 11) is 0. The van der Waals surface area contributed by atoms with Gasteiger partial charge in [0.1, 0.15) is 5.52 Å². The monoisotopic (exact) mass is 422 g/mol. The van der Waals surface area contributed by atoms with Crippen molar-refractivity contribution in [1.82, 2.24) is 19.3 Å². The molecule has 0 aliphatic carbocycles. The first kappa shape index (κ1) is 19.8. The quantitative estimate of drug-likeness (QED) is 0.462. The largest absolute Gasteiger partial charge is 0.346 e. The highest BCUT2D eigenvalue weighted by molar-refractivity contribution is 5.94. The van der Waals surface area contributed by atoms with Crippen LogP contribution in [0.3, 0.4) is 0 Å². The molecule has 0 radical (unpaired) electrons. The molecule has 5 rings (SSSR count). The van der Waals surface area contributed by atoms with Crippen molar-refractivity contribution in [1.29, 1.82) is 0 Å². The van der Waals surface area contributed by atoms with Crippen molar-refractivity contribution in [3.63, 3.8) is 0 Å². The molecule has 0 fully saturated rings. The molecule has 6 nitrogen and oxygen atoms in total. The molecule has 5 aromatic rings. The number of carbonyl (C=O) groups excluding carboxylic acids is 1. The van der Waals surface area contributed by atoms with Gasteiger partial charge in [-0.1, -0.05) is 42.5 Å². The number of rotatable bonds is 5. The normalized spacial score (nSPS) is 12.2. The molecule has 1 atom stereocenters. The standard InChI is InChI=1S/C26H22N4O2/c1-18(20-9-3-2-4-10-20)28-25(31)21-11-5-8-19(16-21)17-30-24-22(12-6-14-27-24)29-15-7-13-23(29)26(30)32/h2-16,18H,17H2,1H3,(H,28,31)/t18-/m1/s1. The van der Waals surface area contributed by atoms with Crippen LogP contribution in [0.2, 0.25) is 0 Å². The fourth-order valence-electron chi connectivity index (χ4n) is 4.03. The first-order chi connectivity index (χ1) is 15.6. The van der Waals surface area contributed by atoms with E-state index in [0.717, 1.165) is 16.6 Å². The summed E-state index contributed by atoms with van der Waals surface area (Å²) in [4.78, 5) is 30.5. The highest BCUT2D eigenvalue weighted by Gasteiger charge is 2.14. The van der Waals surface area contributed by atoms with Crippen LogP contribution in [0.4, 0.5) is 0 Å². The summed E-state index contributed by atoms with van der Waals surface area (Å²) in [5, 5.41) is 3.04. The second-order valence-corrected chi connectivity index (χ2v) is 7.81. The van der Waals surface area contributed by atoms with Crippen LogP contribution < -0.4 is 10.9 Å². The smallest absolute Gasteiger partial charge is 0.276 e. The molecular weight excluding hydrogens is 400 g/mol. The lowest BCUT2D eigenvalue weighted by Crippen LogP contribution is -2.27. The van der Waals surface area contributed by atoms with Gasteiger partial charge < -0.3 is 9.72 Å². The third-order valence-electron chi connectivity index (χ3n) is 5.67. The summed E-state index contributed by atoms with van der Waals surface area (Å²) >= 11 is 0. The van der Waals surface area contributed by atoms with Crippen LogP contribution in [0.15, 0.2) is 96.1 Å². The maximum absolute atomic E-state index is 13.2. The highest BCUT2D eigenvalue weighted by atomic mass is 16.1. The van der Waals surface area contributed by atoms with Crippen LogP contribution in [0.5, 0.6) is 0 Å². The van der Waals surface area contributed by atoms with Crippen LogP contribution in [0, 0.1) is 0 Å². The van der Waals surface area contributed by atoms with Gasteiger partial charge in [0.05, 0.1) is 18.1 Å². The van der Waals surface area contributed by atoms with E-state index in [1.165, 1.54) is 0 Å². The molecular formula is C26H22N4O2. The molecule has 0 bridgehead atoms. The molecule has 158 valence electrons. The second-order valence-electron chi connectivity index (χ2n) is 7.81. The van der Waals surface area contributed by atoms with Gasteiger partial charge in [-0.15, -0.1) is 0 Å². The van der Waals surface area contributed by atoms with Crippen molar-refractivity contribution < 1.29 is 4.79 Å². The average molecular weight is 422 g/mol. The summed E-state index contributed by atoms with van der Waals surface area (Å²) in [5.41, 5.74) is 4.40. The van der Waals surface area contributed by atoms with Gasteiger partial charge in [-0.25, -0.2) is 4.98 Å². The number of benzene rings is 2. The van der Waals surface area contributed by atoms with E-state index in [1.54, 1.807) is 22.9 Å². The Balaban J connectivity index is 1.47. The molecule has 0 aliphatic heterocycles. The van der Waals surface area contributed by atoms with E-state index in [4.69, 9.17) is 0 Å². The van der Waals surface area contributed by atoms with Gasteiger partial charge in [0.2, 0.25) is 0 Å². The topological polar surface area (TPSA) is 68.4 Å². The minimum atomic E-state index is -0.152. The Morgan fingerprint density at radius 2 is 1.78 bits per heavy atom. The Labute approximate surface area is 184 Å². The Bertz CT molecular complexity index is 1480. The van der Waals surface area contributed by atoms with Crippen molar-refractivity contribution in [2.45, 2.75) is 19.5 Å². The number of amides is 1. The molecule has 0 aliphatic rings. The Morgan fingerprint density at radius 1 is 0.969 bits per heavy atom. The van der Waals surface area contributed by atoms with E-state index >= 15 is 0 Å². The van der Waals surface area contributed by atoms with Gasteiger partial charge in [0.25, 0.3) is 11.5 Å². The Hall–Kier alpha value is -4.19. The van der Waals surface area contributed by atoms with Crippen molar-refractivity contribution in [2.24, 2.45) is 0 Å². The van der Waals surface area contributed by atoms with Gasteiger partial charge >= 0.3 is 0 Å². The molecule has 6 heteroatoms. The average Bonchev–Trinajstić information content (AvgIpc) is 3.33. The number of carbonyl (C=O) groups is 1. The first-order valence-corrected chi connectivity index (χ1v) is 10.5. The fourth-order valence-corrected chi connectivity index (χ4v) is 4.03. The fraction of sp³-hybridized carbons (Fsp3) is 0.115. The summed E-state index contributed by atoms with van der Waals surface area (Å²) in [6.07, 6.45) is 3.55. The van der Waals surface area contributed by atoms with Crippen LogP contribution in [0.1, 0.15) is 34.5 Å². The zero-order chi connectivity index (χ0) is 22.1. The number of nitrogens with zero attached hydrogens (tertiary/aromatic N) is 3. The van der Waals surface area contributed by atoms with Gasteiger partial charge in [0, 0.05) is 18.0 Å². The number of pyridine rings is 1. The van der Waals surface area contributed by atoms with Crippen molar-refractivity contribution in [3.8, 4) is 0 Å². The lowest BCUT2D eigenvalue weighted by atomic mass is 10.1. The highest BCUT2D eigenvalue weighted by Crippen LogP contribution is 2.16. The van der Waals surface area contributed by atoms with Gasteiger partial charge in [-0.2, -0.15) is 0 Å². The molecule has 0 saturated carbocycles. The van der Waals surface area contributed by atoms with Crippen molar-refractivity contribution in [2.75, 3.05) is 0 Å². The van der Waals surface area contributed by atoms with Crippen LogP contribution in [-0.4, -0.2) is 19.9 Å². The predicted molar refractivity (Wildman–Crippen MR) is 125 cm³/mol. The van der Waals surface area contributed by atoms with Crippen molar-refractivity contribution in [3.05, 3.63) is 118 Å². The van der Waals surface area contributed by atoms with E-state index in [9.17, 15) is 9.59 Å². The molecule has 32 heavy (non-hydrogen) atoms. The number of fused-ring (bicyclic) bond motifs is 3. The van der Waals surface area contributed by atoms with Gasteiger partial charge in [0.15, 0.2) is 5.65 Å². The second kappa shape index (κ2) is 8.15. The first-order valence-electron chi connectivity index (χ1n) is 10.5. The van der Waals surface area contributed by atoms with E-state index in [1.807, 2.05) is 84.3 Å². The molecule has 0 unspecified atom stereocenters. The Morgan fingerprint density at radius 3 is 2.62 bits per heavy atom. The molecule has 0 saturated heterocycles. The summed E-state index contributed by atoms with van der Waals surface area (Å²) in [6, 6.07) is 24.6. The minimum absolute atomic E-state index is 0.111. The predicted octanol–water partition coefficient (Wildman–Crippen LogP) is 4.19. The maximum atomic E-state index is 13.2. The van der Waals surface area contributed by atoms with E-state index in [-0.39, 0.29) is 17.5 Å². The molecule has 3 heterocycles. The number of aromatic nitrogens is 3. The van der Waals surface area contributed by atoms with Crippen LogP contribution in [0.25, 0.3) is 16.7 Å². The summed E-state index contributed by atoms with van der Waals surface area (Å²) < 4.78 is 3.52. The molecule has 1 amide bonds. The zero-order valence-corrected chi connectivity index (χ0v) is 17.6. The number of nitrogens with one attached hydrogen (secondary N) is 1. The van der Waals surface area contributed by atoms with E-state index in [0.29, 0.717) is 23.3 Å². The summed E-state index contributed by atoms with van der Waals surface area (Å²) in [6.45, 7) is 2.28. The SMILES string of the molecule is C[C@@H](NC(=O)c1cccc(Cn2c(=O)c3cccn3c3cccnc32)c1)c1ccccc1. The third kappa shape index (κ3) is 3.56. The number of hydrogen-bond donors (Lipinski definition) is 1. The molecule has 2 aromatic carbocycles. The van der Waals surface area contributed by atoms with Crippen molar-refractivity contribution >= 4 is 22.6 Å². The molecule has 3 aromatic heterocycles. The molecule has 0 spiro atoms. The van der Waals surface area contributed by atoms with E-state index < -0.39 is 0 Å². The zero-order valence-electron chi connectivity index (χ0n) is 17.6. The maximum Gasteiger partial charge on any atom is 0.276 e. The van der Waals surface area contributed by atoms with Gasteiger partial charge in [-0.05, 0) is 54.4 Å². The number of hydrogen-bond acceptors (Lipinski definition) is 3. The van der Waals surface area contributed by atoms with Crippen LogP contribution >= 0.6 is 0 Å². The lowest BCUT2D eigenvalue weighted by Gasteiger charge is -2.15. The lowest BCUT2D eigenvalue weighted by molar-refractivity contribution is 0.0940. The van der Waals surface area contributed by atoms with Crippen LogP contribution in [-0.2, 0) is 6.54 Å². The molecule has 1 N–H and O–H groups in total. The third-order valence-corrected chi connectivity index (χ3v) is 5.67. The minimum Gasteiger partial charge on any atom is -0.346 e.